The van der Waals surface area contributed by atoms with Crippen LogP contribution in [0.2, 0.25) is 0 Å². The summed E-state index contributed by atoms with van der Waals surface area (Å²) in [5, 5.41) is 3.24. The van der Waals surface area contributed by atoms with Gasteiger partial charge in [0.25, 0.3) is 0 Å². The third kappa shape index (κ3) is 2.22. The number of ketones is 1. The molecule has 1 aliphatic rings. The van der Waals surface area contributed by atoms with Crippen molar-refractivity contribution in [3.63, 3.8) is 0 Å². The quantitative estimate of drug-likeness (QED) is 0.728. The van der Waals surface area contributed by atoms with Crippen molar-refractivity contribution >= 4 is 11.9 Å². The second kappa shape index (κ2) is 4.09. The molecule has 2 rings (SSSR count). The summed E-state index contributed by atoms with van der Waals surface area (Å²) in [4.78, 5) is 11.2. The average Bonchev–Trinajstić information content (AvgIpc) is 2.19. The molecule has 2 nitrogen and oxygen atoms in total. The highest BCUT2D eigenvalue weighted by molar-refractivity contribution is 5.83. The summed E-state index contributed by atoms with van der Waals surface area (Å²) in [5.41, 5.74) is 2.18. The van der Waals surface area contributed by atoms with Gasteiger partial charge in [-0.25, -0.2) is 0 Å². The van der Waals surface area contributed by atoms with E-state index in [-0.39, 0.29) is 0 Å². The van der Waals surface area contributed by atoms with Crippen LogP contribution in [0.25, 0.3) is 6.08 Å². The lowest BCUT2D eigenvalue weighted by atomic mass is 10.1. The van der Waals surface area contributed by atoms with E-state index in [1.807, 2.05) is 36.4 Å². The molecule has 0 aromatic heterocycles. The minimum Gasteiger partial charge on any atom is -0.388 e. The number of carbonyl (C=O) groups is 1. The fourth-order valence-corrected chi connectivity index (χ4v) is 1.58. The molecule has 14 heavy (non-hydrogen) atoms. The third-order valence-electron chi connectivity index (χ3n) is 2.28. The lowest BCUT2D eigenvalue weighted by Gasteiger charge is -2.15. The monoisotopic (exact) mass is 187 g/mol. The van der Waals surface area contributed by atoms with Gasteiger partial charge in [-0.1, -0.05) is 30.3 Å². The van der Waals surface area contributed by atoms with Gasteiger partial charge in [-0.05, 0) is 11.6 Å². The Morgan fingerprint density at radius 1 is 1.21 bits per heavy atom. The lowest BCUT2D eigenvalue weighted by molar-refractivity contribution is -0.119. The van der Waals surface area contributed by atoms with Crippen LogP contribution in [0.15, 0.2) is 36.0 Å². The third-order valence-corrected chi connectivity index (χ3v) is 2.28. The van der Waals surface area contributed by atoms with Gasteiger partial charge in [0.05, 0.1) is 0 Å². The fraction of sp³-hybridized carbons (Fsp3) is 0.250. The Labute approximate surface area is 83.6 Å². The number of rotatable bonds is 1. The van der Waals surface area contributed by atoms with Gasteiger partial charge in [0.15, 0.2) is 0 Å². The van der Waals surface area contributed by atoms with Crippen molar-refractivity contribution in [2.75, 3.05) is 6.54 Å². The van der Waals surface area contributed by atoms with Gasteiger partial charge in [0.2, 0.25) is 0 Å². The first kappa shape index (κ1) is 9.00. The van der Waals surface area contributed by atoms with Crippen LogP contribution < -0.4 is 5.32 Å². The average molecular weight is 187 g/mol. The molecule has 0 spiro atoms. The van der Waals surface area contributed by atoms with Crippen molar-refractivity contribution in [2.24, 2.45) is 0 Å². The van der Waals surface area contributed by atoms with E-state index in [4.69, 9.17) is 0 Å². The van der Waals surface area contributed by atoms with Gasteiger partial charge in [-0.3, -0.25) is 4.79 Å². The van der Waals surface area contributed by atoms with Crippen LogP contribution in [0.5, 0.6) is 0 Å². The molecule has 0 aliphatic carbocycles. The van der Waals surface area contributed by atoms with Crippen molar-refractivity contribution < 1.29 is 4.79 Å². The lowest BCUT2D eigenvalue weighted by Crippen LogP contribution is -2.25. The Hall–Kier alpha value is -1.57. The Morgan fingerprint density at radius 2 is 2.00 bits per heavy atom. The molecular formula is C12H13NO. The van der Waals surface area contributed by atoms with Crippen LogP contribution in [0.1, 0.15) is 18.4 Å². The molecule has 0 bridgehead atoms. The molecule has 1 aromatic carbocycles. The smallest absolute Gasteiger partial charge is 0.140 e. The topological polar surface area (TPSA) is 29.1 Å². The number of hydrogen-bond donors (Lipinski definition) is 1. The van der Waals surface area contributed by atoms with E-state index < -0.39 is 0 Å². The second-order valence-electron chi connectivity index (χ2n) is 3.47. The van der Waals surface area contributed by atoms with Crippen molar-refractivity contribution in [2.45, 2.75) is 12.8 Å². The normalized spacial score (nSPS) is 19.4. The van der Waals surface area contributed by atoms with Crippen LogP contribution in [0, 0.1) is 0 Å². The van der Waals surface area contributed by atoms with Crippen LogP contribution in [0.4, 0.5) is 0 Å². The number of hydrogen-bond acceptors (Lipinski definition) is 2. The first-order chi connectivity index (χ1) is 6.84. The molecule has 0 saturated carbocycles. The van der Waals surface area contributed by atoms with Crippen molar-refractivity contribution in [1.82, 2.24) is 5.32 Å². The van der Waals surface area contributed by atoms with Gasteiger partial charge < -0.3 is 5.32 Å². The van der Waals surface area contributed by atoms with E-state index in [2.05, 4.69) is 5.32 Å². The molecule has 0 unspecified atom stereocenters. The first-order valence-corrected chi connectivity index (χ1v) is 4.86. The molecular weight excluding hydrogens is 174 g/mol. The van der Waals surface area contributed by atoms with Gasteiger partial charge in [0.1, 0.15) is 5.78 Å². The maximum absolute atomic E-state index is 11.2. The van der Waals surface area contributed by atoms with E-state index in [1.54, 1.807) is 0 Å². The second-order valence-corrected chi connectivity index (χ2v) is 3.47. The van der Waals surface area contributed by atoms with Gasteiger partial charge in [-0.2, -0.15) is 0 Å². The summed E-state index contributed by atoms with van der Waals surface area (Å²) >= 11 is 0. The minimum absolute atomic E-state index is 0.325. The zero-order valence-corrected chi connectivity index (χ0v) is 7.99. The Morgan fingerprint density at radius 3 is 2.71 bits per heavy atom. The molecule has 1 fully saturated rings. The Kier molecular flexibility index (Phi) is 2.63. The summed E-state index contributed by atoms with van der Waals surface area (Å²) in [6.45, 7) is 0.775. The highest BCUT2D eigenvalue weighted by Gasteiger charge is 2.11. The number of piperidine rings is 1. The van der Waals surface area contributed by atoms with Crippen molar-refractivity contribution in [3.8, 4) is 0 Å². The predicted octanol–water partition coefficient (Wildman–Crippen LogP) is 1.98. The van der Waals surface area contributed by atoms with Crippen LogP contribution in [-0.2, 0) is 4.79 Å². The fourth-order valence-electron chi connectivity index (χ4n) is 1.58. The van der Waals surface area contributed by atoms with E-state index in [0.29, 0.717) is 18.6 Å². The number of Topliss-reactive ketones (excluding diaryl/α,β-unsaturated/α-hetero) is 1. The summed E-state index contributed by atoms with van der Waals surface area (Å²) in [6, 6.07) is 10.1. The molecule has 0 radical (unpaired) electrons. The molecule has 72 valence electrons. The maximum atomic E-state index is 11.2. The molecule has 1 aromatic rings. The highest BCUT2D eigenvalue weighted by atomic mass is 16.1. The SMILES string of the molecule is O=C1CCN/C(=C/c2ccccc2)C1. The minimum atomic E-state index is 0.325. The molecule has 0 atom stereocenters. The number of carbonyl (C=O) groups excluding carboxylic acids is 1. The number of nitrogens with one attached hydrogen (secondary N) is 1. The van der Waals surface area contributed by atoms with E-state index in [1.165, 1.54) is 0 Å². The Bertz CT molecular complexity index is 354. The summed E-state index contributed by atoms with van der Waals surface area (Å²) in [5.74, 6) is 0.325. The van der Waals surface area contributed by atoms with E-state index >= 15 is 0 Å². The summed E-state index contributed by atoms with van der Waals surface area (Å²) < 4.78 is 0. The number of benzene rings is 1. The van der Waals surface area contributed by atoms with Gasteiger partial charge in [-0.15, -0.1) is 0 Å². The highest BCUT2D eigenvalue weighted by Crippen LogP contribution is 2.11. The predicted molar refractivity (Wildman–Crippen MR) is 56.7 cm³/mol. The summed E-state index contributed by atoms with van der Waals surface area (Å²) in [7, 11) is 0. The largest absolute Gasteiger partial charge is 0.388 e. The molecule has 1 aliphatic heterocycles. The Balaban J connectivity index is 2.14. The zero-order chi connectivity index (χ0) is 9.80. The first-order valence-electron chi connectivity index (χ1n) is 4.86. The van der Waals surface area contributed by atoms with Crippen LogP contribution in [-0.4, -0.2) is 12.3 Å². The molecule has 2 heteroatoms. The van der Waals surface area contributed by atoms with Crippen molar-refractivity contribution in [3.05, 3.63) is 41.6 Å². The molecule has 1 heterocycles. The standard InChI is InChI=1S/C12H13NO/c14-12-6-7-13-11(9-12)8-10-4-2-1-3-5-10/h1-5,8,13H,6-7,9H2/b11-8+. The van der Waals surface area contributed by atoms with Gasteiger partial charge in [0, 0.05) is 25.1 Å². The van der Waals surface area contributed by atoms with Gasteiger partial charge >= 0.3 is 0 Å². The van der Waals surface area contributed by atoms with E-state index in [0.717, 1.165) is 17.8 Å². The zero-order valence-electron chi connectivity index (χ0n) is 7.99. The maximum Gasteiger partial charge on any atom is 0.140 e. The van der Waals surface area contributed by atoms with Crippen LogP contribution >= 0.6 is 0 Å². The molecule has 1 saturated heterocycles. The van der Waals surface area contributed by atoms with Crippen LogP contribution in [0.3, 0.4) is 0 Å². The number of allylic oxidation sites excluding steroid dienone is 1. The summed E-state index contributed by atoms with van der Waals surface area (Å²) in [6.07, 6.45) is 3.25. The van der Waals surface area contributed by atoms with Crippen molar-refractivity contribution in [1.29, 1.82) is 0 Å². The molecule has 1 N–H and O–H groups in total. The molecule has 0 amide bonds. The van der Waals surface area contributed by atoms with E-state index in [9.17, 15) is 4.79 Å².